The highest BCUT2D eigenvalue weighted by Crippen LogP contribution is 2.27. The van der Waals surface area contributed by atoms with E-state index in [0.717, 1.165) is 17.1 Å². The molecule has 0 aliphatic carbocycles. The van der Waals surface area contributed by atoms with Gasteiger partial charge in [0.1, 0.15) is 11.5 Å². The minimum atomic E-state index is -0.652. The van der Waals surface area contributed by atoms with Gasteiger partial charge in [-0.1, -0.05) is 43.1 Å². The maximum absolute atomic E-state index is 14.3. The summed E-state index contributed by atoms with van der Waals surface area (Å²) in [5.41, 5.74) is 2.48. The average Bonchev–Trinajstić information content (AvgIpc) is 3.30. The Bertz CT molecular complexity index is 1620. The second-order valence-electron chi connectivity index (χ2n) is 9.67. The largest absolute Gasteiger partial charge is 0.383 e. The van der Waals surface area contributed by atoms with Crippen LogP contribution in [0.1, 0.15) is 40.3 Å². The lowest BCUT2D eigenvalue weighted by atomic mass is 10.1. The summed E-state index contributed by atoms with van der Waals surface area (Å²) in [4.78, 5) is 38.2. The Balaban J connectivity index is 1.58. The first-order chi connectivity index (χ1) is 19.6. The van der Waals surface area contributed by atoms with E-state index in [1.165, 1.54) is 12.1 Å². The van der Waals surface area contributed by atoms with E-state index in [1.54, 1.807) is 68.0 Å². The predicted molar refractivity (Wildman–Crippen MR) is 159 cm³/mol. The summed E-state index contributed by atoms with van der Waals surface area (Å²) < 4.78 is 21.3. The molecule has 0 saturated heterocycles. The topological polar surface area (TPSA) is 101 Å². The van der Waals surface area contributed by atoms with Gasteiger partial charge in [-0.2, -0.15) is 0 Å². The van der Waals surface area contributed by atoms with Crippen molar-refractivity contribution >= 4 is 63.2 Å². The van der Waals surface area contributed by atoms with Crippen molar-refractivity contribution < 1.29 is 23.5 Å². The summed E-state index contributed by atoms with van der Waals surface area (Å²) in [7, 11) is 1.56. The van der Waals surface area contributed by atoms with Gasteiger partial charge >= 0.3 is 0 Å². The summed E-state index contributed by atoms with van der Waals surface area (Å²) in [6, 6.07) is 15.9. The number of rotatable bonds is 10. The fourth-order valence-corrected chi connectivity index (χ4v) is 4.55. The van der Waals surface area contributed by atoms with Crippen molar-refractivity contribution in [1.82, 2.24) is 9.88 Å². The molecule has 41 heavy (non-hydrogen) atoms. The first kappa shape index (κ1) is 30.0. The predicted octanol–water partition coefficient (Wildman–Crippen LogP) is 6.51. The molecule has 8 nitrogen and oxygen atoms in total. The van der Waals surface area contributed by atoms with Crippen LogP contribution in [0.4, 0.5) is 15.8 Å². The van der Waals surface area contributed by atoms with Crippen molar-refractivity contribution in [3.05, 3.63) is 93.3 Å². The van der Waals surface area contributed by atoms with Gasteiger partial charge in [-0.3, -0.25) is 14.4 Å². The second kappa shape index (κ2) is 13.2. The summed E-state index contributed by atoms with van der Waals surface area (Å²) in [6.07, 6.45) is 0. The second-order valence-corrected chi connectivity index (χ2v) is 10.5. The lowest BCUT2D eigenvalue weighted by Gasteiger charge is -2.12. The zero-order chi connectivity index (χ0) is 29.7. The number of benzene rings is 3. The third kappa shape index (κ3) is 7.24. The van der Waals surface area contributed by atoms with Crippen molar-refractivity contribution in [2.75, 3.05) is 24.4 Å². The lowest BCUT2D eigenvalue weighted by Crippen LogP contribution is -2.27. The number of hydrogen-bond acceptors (Lipinski definition) is 4. The molecule has 4 aromatic rings. The summed E-state index contributed by atoms with van der Waals surface area (Å²) in [5, 5.41) is 9.42. The number of nitrogens with one attached hydrogen (secondary N) is 3. The zero-order valence-corrected chi connectivity index (χ0v) is 24.2. The van der Waals surface area contributed by atoms with Crippen molar-refractivity contribution in [2.24, 2.45) is 5.92 Å². The molecule has 3 N–H and O–H groups in total. The number of aromatic nitrogens is 1. The molecule has 0 atom stereocenters. The van der Waals surface area contributed by atoms with Gasteiger partial charge in [0.15, 0.2) is 0 Å². The van der Waals surface area contributed by atoms with Crippen LogP contribution >= 0.6 is 23.2 Å². The van der Waals surface area contributed by atoms with Gasteiger partial charge in [0.2, 0.25) is 5.91 Å². The fourth-order valence-electron chi connectivity index (χ4n) is 4.19. The molecule has 4 rings (SSSR count). The highest BCUT2D eigenvalue weighted by Gasteiger charge is 2.19. The number of ether oxygens (including phenoxy) is 1. The maximum Gasteiger partial charge on any atom is 0.272 e. The molecule has 0 aliphatic heterocycles. The van der Waals surface area contributed by atoms with Gasteiger partial charge in [-0.05, 0) is 60.2 Å². The van der Waals surface area contributed by atoms with Gasteiger partial charge in [0.05, 0.1) is 22.9 Å². The van der Waals surface area contributed by atoms with Crippen LogP contribution in [0.5, 0.6) is 0 Å². The SMILES string of the molecule is COCCn1c(C(=O)Nc2ccc(Cl)cc2F)cc2cc(NC(=O)c3cc(CNC(=O)C(C)C)ccc3Cl)ccc21. The number of anilines is 2. The Labute approximate surface area is 246 Å². The molecular weight excluding hydrogens is 570 g/mol. The molecule has 3 aromatic carbocycles. The van der Waals surface area contributed by atoms with Crippen LogP contribution in [-0.4, -0.2) is 36.0 Å². The van der Waals surface area contributed by atoms with E-state index in [-0.39, 0.29) is 45.4 Å². The number of hydrogen-bond donors (Lipinski definition) is 3. The molecule has 3 amide bonds. The lowest BCUT2D eigenvalue weighted by molar-refractivity contribution is -0.124. The molecular formula is C30H29Cl2FN4O4. The van der Waals surface area contributed by atoms with E-state index in [1.807, 2.05) is 0 Å². The van der Waals surface area contributed by atoms with E-state index in [2.05, 4.69) is 16.0 Å². The number of nitrogens with zero attached hydrogens (tertiary/aromatic N) is 1. The molecule has 0 radical (unpaired) electrons. The van der Waals surface area contributed by atoms with Crippen LogP contribution < -0.4 is 16.0 Å². The van der Waals surface area contributed by atoms with E-state index in [4.69, 9.17) is 27.9 Å². The van der Waals surface area contributed by atoms with Crippen molar-refractivity contribution in [2.45, 2.75) is 26.9 Å². The summed E-state index contributed by atoms with van der Waals surface area (Å²) >= 11 is 12.1. The molecule has 11 heteroatoms. The van der Waals surface area contributed by atoms with E-state index < -0.39 is 17.6 Å². The smallest absolute Gasteiger partial charge is 0.272 e. The molecule has 0 fully saturated rings. The number of amides is 3. The summed E-state index contributed by atoms with van der Waals surface area (Å²) in [5.74, 6) is -1.85. The number of halogens is 3. The Hall–Kier alpha value is -3.92. The molecule has 1 aromatic heterocycles. The highest BCUT2D eigenvalue weighted by molar-refractivity contribution is 6.34. The van der Waals surface area contributed by atoms with E-state index in [9.17, 15) is 18.8 Å². The van der Waals surface area contributed by atoms with Crippen molar-refractivity contribution in [3.8, 4) is 0 Å². The van der Waals surface area contributed by atoms with E-state index >= 15 is 0 Å². The quantitative estimate of drug-likeness (QED) is 0.194. The monoisotopic (exact) mass is 598 g/mol. The van der Waals surface area contributed by atoms with Crippen LogP contribution in [0.3, 0.4) is 0 Å². The van der Waals surface area contributed by atoms with Crippen LogP contribution in [0, 0.1) is 11.7 Å². The van der Waals surface area contributed by atoms with Crippen LogP contribution in [0.25, 0.3) is 10.9 Å². The third-order valence-corrected chi connectivity index (χ3v) is 6.92. The minimum absolute atomic E-state index is 0.00113. The number of carbonyl (C=O) groups is 3. The molecule has 0 aliphatic rings. The fraction of sp³-hybridized carbons (Fsp3) is 0.233. The van der Waals surface area contributed by atoms with Gasteiger partial charge < -0.3 is 25.3 Å². The first-order valence-electron chi connectivity index (χ1n) is 12.8. The Morgan fingerprint density at radius 3 is 2.44 bits per heavy atom. The van der Waals surface area contributed by atoms with Gasteiger partial charge in [-0.25, -0.2) is 4.39 Å². The molecule has 0 bridgehead atoms. The number of methoxy groups -OCH3 is 1. The van der Waals surface area contributed by atoms with E-state index in [0.29, 0.717) is 24.2 Å². The minimum Gasteiger partial charge on any atom is -0.383 e. The Kier molecular flexibility index (Phi) is 9.65. The van der Waals surface area contributed by atoms with Crippen molar-refractivity contribution in [3.63, 3.8) is 0 Å². The van der Waals surface area contributed by atoms with Crippen LogP contribution in [0.2, 0.25) is 10.0 Å². The van der Waals surface area contributed by atoms with Crippen molar-refractivity contribution in [1.29, 1.82) is 0 Å². The first-order valence-corrected chi connectivity index (χ1v) is 13.6. The Morgan fingerprint density at radius 2 is 1.73 bits per heavy atom. The highest BCUT2D eigenvalue weighted by atomic mass is 35.5. The molecule has 1 heterocycles. The molecule has 0 unspecified atom stereocenters. The molecule has 0 spiro atoms. The third-order valence-electron chi connectivity index (χ3n) is 6.36. The molecule has 0 saturated carbocycles. The van der Waals surface area contributed by atoms with Gasteiger partial charge in [0, 0.05) is 47.7 Å². The van der Waals surface area contributed by atoms with Gasteiger partial charge in [0.25, 0.3) is 11.8 Å². The van der Waals surface area contributed by atoms with Crippen LogP contribution in [-0.2, 0) is 22.6 Å². The standard InChI is InChI=1S/C30H29Cl2FN4O4/c1-17(2)28(38)34-16-18-4-7-23(32)22(12-18)29(39)35-21-6-9-26-19(13-21)14-27(37(26)10-11-41-3)30(40)36-25-8-5-20(31)15-24(25)33/h4-9,12-15,17H,10-11,16H2,1-3H3,(H,34,38)(H,35,39)(H,36,40). The Morgan fingerprint density at radius 1 is 0.951 bits per heavy atom. The zero-order valence-electron chi connectivity index (χ0n) is 22.7. The molecule has 214 valence electrons. The average molecular weight is 599 g/mol. The number of carbonyl (C=O) groups excluding carboxylic acids is 3. The van der Waals surface area contributed by atoms with Crippen LogP contribution in [0.15, 0.2) is 60.7 Å². The normalized spacial score (nSPS) is 11.1. The number of fused-ring (bicyclic) bond motifs is 1. The van der Waals surface area contributed by atoms with Gasteiger partial charge in [-0.15, -0.1) is 0 Å². The maximum atomic E-state index is 14.3. The summed E-state index contributed by atoms with van der Waals surface area (Å²) in [6.45, 7) is 4.57.